The number of para-hydroxylation sites is 1. The van der Waals surface area contributed by atoms with Gasteiger partial charge in [-0.15, -0.1) is 11.8 Å². The third-order valence-electron chi connectivity index (χ3n) is 3.68. The van der Waals surface area contributed by atoms with Crippen molar-refractivity contribution in [2.75, 3.05) is 25.3 Å². The SMILES string of the molecule is COc1ccc(C2CSc3ccccc3NC2=O)cc1OC. The van der Waals surface area contributed by atoms with Gasteiger partial charge >= 0.3 is 0 Å². The number of methoxy groups -OCH3 is 2. The van der Waals surface area contributed by atoms with Crippen LogP contribution in [0.2, 0.25) is 0 Å². The normalized spacial score (nSPS) is 17.2. The lowest BCUT2D eigenvalue weighted by Crippen LogP contribution is -2.21. The van der Waals surface area contributed by atoms with Gasteiger partial charge in [0.05, 0.1) is 25.8 Å². The Morgan fingerprint density at radius 1 is 1.09 bits per heavy atom. The molecule has 114 valence electrons. The van der Waals surface area contributed by atoms with Gasteiger partial charge in [-0.05, 0) is 29.8 Å². The first-order valence-electron chi connectivity index (χ1n) is 6.97. The Morgan fingerprint density at radius 2 is 1.86 bits per heavy atom. The smallest absolute Gasteiger partial charge is 0.232 e. The Hall–Kier alpha value is -2.14. The topological polar surface area (TPSA) is 47.6 Å². The molecular formula is C17H17NO3S. The number of thioether (sulfide) groups is 1. The van der Waals surface area contributed by atoms with Gasteiger partial charge in [-0.3, -0.25) is 4.79 Å². The second-order valence-electron chi connectivity index (χ2n) is 4.96. The summed E-state index contributed by atoms with van der Waals surface area (Å²) in [7, 11) is 3.20. The maximum Gasteiger partial charge on any atom is 0.232 e. The fourth-order valence-corrected chi connectivity index (χ4v) is 3.62. The number of amides is 1. The lowest BCUT2D eigenvalue weighted by atomic mass is 9.99. The first-order valence-corrected chi connectivity index (χ1v) is 7.96. The number of ether oxygens (including phenoxy) is 2. The second kappa shape index (κ2) is 6.32. The van der Waals surface area contributed by atoms with Crippen LogP contribution in [0.15, 0.2) is 47.4 Å². The molecule has 0 spiro atoms. The predicted octanol–water partition coefficient (Wildman–Crippen LogP) is 3.53. The number of hydrogen-bond donors (Lipinski definition) is 1. The van der Waals surface area contributed by atoms with Gasteiger partial charge in [-0.1, -0.05) is 18.2 Å². The third kappa shape index (κ3) is 2.76. The van der Waals surface area contributed by atoms with Crippen molar-refractivity contribution in [3.8, 4) is 11.5 Å². The summed E-state index contributed by atoms with van der Waals surface area (Å²) < 4.78 is 10.6. The summed E-state index contributed by atoms with van der Waals surface area (Å²) in [6, 6.07) is 13.5. The quantitative estimate of drug-likeness (QED) is 0.941. The molecule has 1 aliphatic heterocycles. The molecule has 0 saturated carbocycles. The zero-order valence-electron chi connectivity index (χ0n) is 12.5. The van der Waals surface area contributed by atoms with E-state index in [0.717, 1.165) is 16.1 Å². The Bertz CT molecular complexity index is 702. The van der Waals surface area contributed by atoms with E-state index in [4.69, 9.17) is 9.47 Å². The van der Waals surface area contributed by atoms with Crippen LogP contribution in [0.3, 0.4) is 0 Å². The lowest BCUT2D eigenvalue weighted by molar-refractivity contribution is -0.117. The second-order valence-corrected chi connectivity index (χ2v) is 6.03. The van der Waals surface area contributed by atoms with Gasteiger partial charge < -0.3 is 14.8 Å². The summed E-state index contributed by atoms with van der Waals surface area (Å²) in [5, 5.41) is 3.01. The minimum Gasteiger partial charge on any atom is -0.493 e. The molecule has 0 fully saturated rings. The monoisotopic (exact) mass is 315 g/mol. The van der Waals surface area contributed by atoms with Crippen molar-refractivity contribution in [2.45, 2.75) is 10.8 Å². The highest BCUT2D eigenvalue weighted by atomic mass is 32.2. The molecule has 1 atom stereocenters. The molecule has 1 heterocycles. The van der Waals surface area contributed by atoms with Crippen LogP contribution >= 0.6 is 11.8 Å². The van der Waals surface area contributed by atoms with Gasteiger partial charge in [0, 0.05) is 10.6 Å². The van der Waals surface area contributed by atoms with E-state index in [1.165, 1.54) is 0 Å². The van der Waals surface area contributed by atoms with Crippen molar-refractivity contribution in [1.82, 2.24) is 0 Å². The van der Waals surface area contributed by atoms with Crippen molar-refractivity contribution in [3.05, 3.63) is 48.0 Å². The molecule has 3 rings (SSSR count). The van der Waals surface area contributed by atoms with Crippen molar-refractivity contribution < 1.29 is 14.3 Å². The molecule has 0 radical (unpaired) electrons. The van der Waals surface area contributed by atoms with Crippen LogP contribution in [-0.4, -0.2) is 25.9 Å². The molecule has 1 aliphatic rings. The van der Waals surface area contributed by atoms with E-state index in [0.29, 0.717) is 17.3 Å². The molecule has 1 N–H and O–H groups in total. The minimum atomic E-state index is -0.225. The van der Waals surface area contributed by atoms with E-state index in [1.54, 1.807) is 26.0 Å². The first-order chi connectivity index (χ1) is 10.7. The minimum absolute atomic E-state index is 0.00432. The van der Waals surface area contributed by atoms with Gasteiger partial charge in [0.1, 0.15) is 0 Å². The zero-order chi connectivity index (χ0) is 15.5. The molecule has 0 aliphatic carbocycles. The van der Waals surface area contributed by atoms with Gasteiger partial charge in [0.2, 0.25) is 5.91 Å². The molecule has 5 heteroatoms. The maximum absolute atomic E-state index is 12.5. The third-order valence-corrected chi connectivity index (χ3v) is 4.84. The van der Waals surface area contributed by atoms with E-state index in [2.05, 4.69) is 5.32 Å². The Kier molecular flexibility index (Phi) is 4.24. The van der Waals surface area contributed by atoms with Crippen molar-refractivity contribution in [2.24, 2.45) is 0 Å². The molecule has 1 amide bonds. The maximum atomic E-state index is 12.5. The van der Waals surface area contributed by atoms with Crippen molar-refractivity contribution in [3.63, 3.8) is 0 Å². The summed E-state index contributed by atoms with van der Waals surface area (Å²) in [5.74, 6) is 1.77. The Balaban J connectivity index is 1.91. The van der Waals surface area contributed by atoms with Crippen molar-refractivity contribution in [1.29, 1.82) is 0 Å². The van der Waals surface area contributed by atoms with Crippen LogP contribution in [0.1, 0.15) is 11.5 Å². The molecule has 2 aromatic carbocycles. The average Bonchev–Trinajstić information content (AvgIpc) is 2.72. The summed E-state index contributed by atoms with van der Waals surface area (Å²) in [6.45, 7) is 0. The number of benzene rings is 2. The van der Waals surface area contributed by atoms with Gasteiger partial charge in [-0.2, -0.15) is 0 Å². The molecule has 2 aromatic rings. The molecule has 0 bridgehead atoms. The number of anilines is 1. The average molecular weight is 315 g/mol. The van der Waals surface area contributed by atoms with Crippen LogP contribution in [-0.2, 0) is 4.79 Å². The first kappa shape index (κ1) is 14.8. The number of carbonyl (C=O) groups excluding carboxylic acids is 1. The van der Waals surface area contributed by atoms with E-state index >= 15 is 0 Å². The molecular weight excluding hydrogens is 298 g/mol. The lowest BCUT2D eigenvalue weighted by Gasteiger charge is -2.15. The largest absolute Gasteiger partial charge is 0.493 e. The van der Waals surface area contributed by atoms with E-state index in [1.807, 2.05) is 42.5 Å². The van der Waals surface area contributed by atoms with Crippen LogP contribution in [0.25, 0.3) is 0 Å². The van der Waals surface area contributed by atoms with Crippen LogP contribution in [0, 0.1) is 0 Å². The Labute approximate surface area is 133 Å². The molecule has 22 heavy (non-hydrogen) atoms. The zero-order valence-corrected chi connectivity index (χ0v) is 13.3. The summed E-state index contributed by atoms with van der Waals surface area (Å²) in [4.78, 5) is 13.6. The fraction of sp³-hybridized carbons (Fsp3) is 0.235. The molecule has 1 unspecified atom stereocenters. The van der Waals surface area contributed by atoms with Gasteiger partial charge in [0.25, 0.3) is 0 Å². The number of rotatable bonds is 3. The highest BCUT2D eigenvalue weighted by molar-refractivity contribution is 7.99. The number of hydrogen-bond acceptors (Lipinski definition) is 4. The van der Waals surface area contributed by atoms with Crippen LogP contribution in [0.4, 0.5) is 5.69 Å². The number of fused-ring (bicyclic) bond motifs is 1. The van der Waals surface area contributed by atoms with Gasteiger partial charge in [-0.25, -0.2) is 0 Å². The summed E-state index contributed by atoms with van der Waals surface area (Å²) in [5.41, 5.74) is 1.80. The van der Waals surface area contributed by atoms with E-state index in [9.17, 15) is 4.79 Å². The Morgan fingerprint density at radius 3 is 2.64 bits per heavy atom. The van der Waals surface area contributed by atoms with Crippen LogP contribution < -0.4 is 14.8 Å². The highest BCUT2D eigenvalue weighted by Gasteiger charge is 2.26. The number of nitrogens with one attached hydrogen (secondary N) is 1. The molecule has 4 nitrogen and oxygen atoms in total. The molecule has 0 aromatic heterocycles. The van der Waals surface area contributed by atoms with E-state index in [-0.39, 0.29) is 11.8 Å². The van der Waals surface area contributed by atoms with Crippen LogP contribution in [0.5, 0.6) is 11.5 Å². The highest BCUT2D eigenvalue weighted by Crippen LogP contribution is 2.38. The summed E-state index contributed by atoms with van der Waals surface area (Å²) >= 11 is 1.68. The summed E-state index contributed by atoms with van der Waals surface area (Å²) in [6.07, 6.45) is 0. The van der Waals surface area contributed by atoms with Crippen molar-refractivity contribution >= 4 is 23.4 Å². The van der Waals surface area contributed by atoms with Gasteiger partial charge in [0.15, 0.2) is 11.5 Å². The number of carbonyl (C=O) groups is 1. The fourth-order valence-electron chi connectivity index (χ4n) is 2.48. The molecule has 0 saturated heterocycles. The van der Waals surface area contributed by atoms with E-state index < -0.39 is 0 Å². The predicted molar refractivity (Wildman–Crippen MR) is 88.1 cm³/mol. The standard InChI is InChI=1S/C17H17NO3S/c1-20-14-8-7-11(9-15(14)21-2)12-10-22-16-6-4-3-5-13(16)18-17(12)19/h3-9,12H,10H2,1-2H3,(H,18,19).